The third-order valence-corrected chi connectivity index (χ3v) is 2.64. The van der Waals surface area contributed by atoms with E-state index < -0.39 is 0 Å². The lowest BCUT2D eigenvalue weighted by Crippen LogP contribution is -2.20. The number of unbranched alkanes of at least 4 members (excludes halogenated alkanes) is 3. The summed E-state index contributed by atoms with van der Waals surface area (Å²) in [4.78, 5) is 11.3. The molecule has 0 aliphatic heterocycles. The van der Waals surface area contributed by atoms with Gasteiger partial charge in [-0.2, -0.15) is 0 Å². The van der Waals surface area contributed by atoms with E-state index in [1.54, 1.807) is 0 Å². The average molecular weight is 229 g/mol. The van der Waals surface area contributed by atoms with Crippen LogP contribution in [0.3, 0.4) is 0 Å². The molecule has 0 spiro atoms. The molecule has 96 valence electrons. The van der Waals surface area contributed by atoms with Crippen molar-refractivity contribution in [2.24, 2.45) is 5.73 Å². The Morgan fingerprint density at radius 2 is 1.88 bits per heavy atom. The van der Waals surface area contributed by atoms with E-state index in [1.165, 1.54) is 19.3 Å². The van der Waals surface area contributed by atoms with E-state index in [4.69, 9.17) is 10.5 Å². The van der Waals surface area contributed by atoms with Crippen molar-refractivity contribution in [2.45, 2.75) is 71.3 Å². The fourth-order valence-electron chi connectivity index (χ4n) is 1.75. The summed E-state index contributed by atoms with van der Waals surface area (Å²) in [5.41, 5.74) is 5.32. The van der Waals surface area contributed by atoms with Crippen LogP contribution in [-0.4, -0.2) is 18.6 Å². The molecule has 0 aliphatic carbocycles. The summed E-state index contributed by atoms with van der Waals surface area (Å²) in [6, 6.07) is 0. The van der Waals surface area contributed by atoms with Gasteiger partial charge in [-0.15, -0.1) is 0 Å². The maximum atomic E-state index is 11.3. The van der Waals surface area contributed by atoms with Gasteiger partial charge in [0.2, 0.25) is 0 Å². The van der Waals surface area contributed by atoms with E-state index in [0.717, 1.165) is 25.7 Å². The third kappa shape index (κ3) is 8.72. The van der Waals surface area contributed by atoms with Gasteiger partial charge in [-0.05, 0) is 19.3 Å². The van der Waals surface area contributed by atoms with Gasteiger partial charge in [0.1, 0.15) is 6.10 Å². The summed E-state index contributed by atoms with van der Waals surface area (Å²) in [5, 5.41) is 0. The first-order valence-electron chi connectivity index (χ1n) is 6.64. The van der Waals surface area contributed by atoms with Crippen molar-refractivity contribution in [3.8, 4) is 0 Å². The average Bonchev–Trinajstić information content (AvgIpc) is 2.25. The lowest BCUT2D eigenvalue weighted by Gasteiger charge is -2.17. The van der Waals surface area contributed by atoms with Crippen LogP contribution in [0, 0.1) is 0 Å². The van der Waals surface area contributed by atoms with Crippen molar-refractivity contribution >= 4 is 5.97 Å². The summed E-state index contributed by atoms with van der Waals surface area (Å²) in [6.07, 6.45) is 8.41. The van der Waals surface area contributed by atoms with Crippen LogP contribution in [0.5, 0.6) is 0 Å². The summed E-state index contributed by atoms with van der Waals surface area (Å²) in [7, 11) is 0. The smallest absolute Gasteiger partial charge is 0.307 e. The van der Waals surface area contributed by atoms with Gasteiger partial charge in [-0.25, -0.2) is 0 Å². The van der Waals surface area contributed by atoms with Crippen LogP contribution >= 0.6 is 0 Å². The van der Waals surface area contributed by atoms with Crippen molar-refractivity contribution in [1.82, 2.24) is 0 Å². The molecule has 0 aromatic carbocycles. The van der Waals surface area contributed by atoms with Gasteiger partial charge in [-0.3, -0.25) is 4.79 Å². The minimum atomic E-state index is -0.142. The molecule has 0 bridgehead atoms. The van der Waals surface area contributed by atoms with Crippen molar-refractivity contribution in [1.29, 1.82) is 0 Å². The first-order valence-corrected chi connectivity index (χ1v) is 6.64. The number of ether oxygens (including phenoxy) is 1. The maximum Gasteiger partial charge on any atom is 0.307 e. The monoisotopic (exact) mass is 229 g/mol. The number of nitrogens with two attached hydrogens (primary N) is 1. The highest BCUT2D eigenvalue weighted by molar-refractivity contribution is 5.69. The van der Waals surface area contributed by atoms with E-state index in [-0.39, 0.29) is 12.1 Å². The first kappa shape index (κ1) is 15.4. The van der Waals surface area contributed by atoms with Gasteiger partial charge in [0.25, 0.3) is 0 Å². The Balaban J connectivity index is 3.73. The highest BCUT2D eigenvalue weighted by Crippen LogP contribution is 2.13. The molecule has 1 unspecified atom stereocenters. The Morgan fingerprint density at radius 3 is 2.44 bits per heavy atom. The molecule has 0 aromatic heterocycles. The fraction of sp³-hybridized carbons (Fsp3) is 0.923. The molecule has 0 saturated carbocycles. The molecule has 0 saturated heterocycles. The molecular formula is C13H27NO2. The predicted octanol–water partition coefficient (Wildman–Crippen LogP) is 3.02. The summed E-state index contributed by atoms with van der Waals surface area (Å²) < 4.78 is 5.39. The Labute approximate surface area is 99.7 Å². The Morgan fingerprint density at radius 1 is 1.12 bits per heavy atom. The molecule has 0 fully saturated rings. The molecule has 0 aromatic rings. The summed E-state index contributed by atoms with van der Waals surface area (Å²) >= 11 is 0. The van der Waals surface area contributed by atoms with Gasteiger partial charge in [0.05, 0.1) is 6.42 Å². The second-order valence-corrected chi connectivity index (χ2v) is 4.29. The number of carbonyl (C=O) groups excluding carboxylic acids is 1. The van der Waals surface area contributed by atoms with Crippen LogP contribution in [0.2, 0.25) is 0 Å². The van der Waals surface area contributed by atoms with Gasteiger partial charge in [0.15, 0.2) is 0 Å². The number of hydrogen-bond acceptors (Lipinski definition) is 3. The van der Waals surface area contributed by atoms with E-state index in [9.17, 15) is 4.79 Å². The molecule has 0 amide bonds. The largest absolute Gasteiger partial charge is 0.462 e. The molecule has 0 rings (SSSR count). The Bertz CT molecular complexity index is 171. The first-order chi connectivity index (χ1) is 7.74. The molecule has 0 radical (unpaired) electrons. The van der Waals surface area contributed by atoms with Crippen LogP contribution in [-0.2, 0) is 9.53 Å². The number of hydrogen-bond donors (Lipinski definition) is 1. The van der Waals surface area contributed by atoms with Crippen LogP contribution < -0.4 is 5.73 Å². The van der Waals surface area contributed by atoms with Crippen LogP contribution in [0.25, 0.3) is 0 Å². The normalized spacial score (nSPS) is 12.4. The lowest BCUT2D eigenvalue weighted by atomic mass is 10.1. The van der Waals surface area contributed by atoms with E-state index in [2.05, 4.69) is 13.8 Å². The van der Waals surface area contributed by atoms with Crippen molar-refractivity contribution in [3.05, 3.63) is 0 Å². The van der Waals surface area contributed by atoms with E-state index >= 15 is 0 Å². The van der Waals surface area contributed by atoms with Crippen molar-refractivity contribution in [2.75, 3.05) is 6.54 Å². The Kier molecular flexibility index (Phi) is 10.5. The van der Waals surface area contributed by atoms with Crippen LogP contribution in [0.1, 0.15) is 65.2 Å². The SMILES string of the molecule is CCCCCCC(CCC)OC(=O)CCN. The number of esters is 1. The van der Waals surface area contributed by atoms with Gasteiger partial charge in [-0.1, -0.05) is 39.5 Å². The van der Waals surface area contributed by atoms with Crippen molar-refractivity contribution < 1.29 is 9.53 Å². The molecule has 2 N–H and O–H groups in total. The highest BCUT2D eigenvalue weighted by atomic mass is 16.5. The van der Waals surface area contributed by atoms with Crippen LogP contribution in [0.4, 0.5) is 0 Å². The minimum Gasteiger partial charge on any atom is -0.462 e. The fourth-order valence-corrected chi connectivity index (χ4v) is 1.75. The molecule has 3 heteroatoms. The second-order valence-electron chi connectivity index (χ2n) is 4.29. The topological polar surface area (TPSA) is 52.3 Å². The minimum absolute atomic E-state index is 0.112. The van der Waals surface area contributed by atoms with E-state index in [0.29, 0.717) is 13.0 Å². The molecule has 1 atom stereocenters. The molecule has 3 nitrogen and oxygen atoms in total. The van der Waals surface area contributed by atoms with Gasteiger partial charge in [0, 0.05) is 6.54 Å². The quantitative estimate of drug-likeness (QED) is 0.463. The molecule has 0 heterocycles. The van der Waals surface area contributed by atoms with Gasteiger partial charge >= 0.3 is 5.97 Å². The predicted molar refractivity (Wildman–Crippen MR) is 67.2 cm³/mol. The molecule has 16 heavy (non-hydrogen) atoms. The van der Waals surface area contributed by atoms with E-state index in [1.807, 2.05) is 0 Å². The standard InChI is InChI=1S/C13H27NO2/c1-3-5-6-7-9-12(8-4-2)16-13(15)10-11-14/h12H,3-11,14H2,1-2H3. The number of carbonyl (C=O) groups is 1. The van der Waals surface area contributed by atoms with Crippen molar-refractivity contribution in [3.63, 3.8) is 0 Å². The molecule has 0 aliphatic rings. The lowest BCUT2D eigenvalue weighted by molar-refractivity contribution is -0.149. The zero-order valence-electron chi connectivity index (χ0n) is 10.8. The Hall–Kier alpha value is -0.570. The van der Waals surface area contributed by atoms with Crippen LogP contribution in [0.15, 0.2) is 0 Å². The molecular weight excluding hydrogens is 202 g/mol. The van der Waals surface area contributed by atoms with Gasteiger partial charge < -0.3 is 10.5 Å². The zero-order valence-corrected chi connectivity index (χ0v) is 10.8. The summed E-state index contributed by atoms with van der Waals surface area (Å²) in [5.74, 6) is -0.142. The third-order valence-electron chi connectivity index (χ3n) is 2.64. The maximum absolute atomic E-state index is 11.3. The summed E-state index contributed by atoms with van der Waals surface area (Å²) in [6.45, 7) is 4.70. The second kappa shape index (κ2) is 10.9. The highest BCUT2D eigenvalue weighted by Gasteiger charge is 2.12. The number of rotatable bonds is 10. The zero-order chi connectivity index (χ0) is 12.2.